The number of ether oxygens (including phenoxy) is 1. The number of hydrogen-bond donors (Lipinski definition) is 1. The van der Waals surface area contributed by atoms with Crippen LogP contribution in [0.3, 0.4) is 0 Å². The largest absolute Gasteiger partial charge is 0.381 e. The lowest BCUT2D eigenvalue weighted by atomic mass is 10.1. The molecule has 0 radical (unpaired) electrons. The average molecular weight is 286 g/mol. The van der Waals surface area contributed by atoms with Gasteiger partial charge in [-0.25, -0.2) is 0 Å². The minimum absolute atomic E-state index is 0.0307. The van der Waals surface area contributed by atoms with Gasteiger partial charge in [-0.1, -0.05) is 11.6 Å². The predicted octanol–water partition coefficient (Wildman–Crippen LogP) is 1.70. The molecule has 1 aromatic rings. The van der Waals surface area contributed by atoms with Gasteiger partial charge in [-0.2, -0.15) is 5.10 Å². The zero-order chi connectivity index (χ0) is 13.8. The minimum Gasteiger partial charge on any atom is -0.381 e. The fraction of sp³-hybridized carbons (Fsp3) is 0.692. The first kappa shape index (κ1) is 14.3. The van der Waals surface area contributed by atoms with E-state index in [2.05, 4.69) is 10.4 Å². The van der Waals surface area contributed by atoms with Crippen LogP contribution < -0.4 is 5.32 Å². The first-order valence-electron chi connectivity index (χ1n) is 6.64. The van der Waals surface area contributed by atoms with Crippen LogP contribution in [0.25, 0.3) is 0 Å². The Morgan fingerprint density at radius 1 is 1.58 bits per heavy atom. The molecule has 5 nitrogen and oxygen atoms in total. The van der Waals surface area contributed by atoms with E-state index in [1.165, 1.54) is 0 Å². The zero-order valence-electron chi connectivity index (χ0n) is 11.4. The maximum absolute atomic E-state index is 11.7. The summed E-state index contributed by atoms with van der Waals surface area (Å²) in [6.45, 7) is 6.53. The van der Waals surface area contributed by atoms with Crippen molar-refractivity contribution >= 4 is 17.5 Å². The number of carbonyl (C=O) groups excluding carboxylic acids is 1. The van der Waals surface area contributed by atoms with Gasteiger partial charge < -0.3 is 10.1 Å². The van der Waals surface area contributed by atoms with Crippen molar-refractivity contribution in [3.8, 4) is 0 Å². The molecule has 1 aliphatic heterocycles. The van der Waals surface area contributed by atoms with Gasteiger partial charge in [-0.05, 0) is 26.7 Å². The molecule has 0 spiro atoms. The van der Waals surface area contributed by atoms with Crippen LogP contribution in [0.4, 0.5) is 0 Å². The second-order valence-electron chi connectivity index (χ2n) is 4.91. The number of aryl methyl sites for hydroxylation is 2. The van der Waals surface area contributed by atoms with E-state index in [-0.39, 0.29) is 11.8 Å². The topological polar surface area (TPSA) is 56.2 Å². The molecule has 1 saturated heterocycles. The Bertz CT molecular complexity index is 453. The van der Waals surface area contributed by atoms with Crippen molar-refractivity contribution in [2.45, 2.75) is 33.2 Å². The lowest BCUT2D eigenvalue weighted by Gasteiger charge is -2.09. The van der Waals surface area contributed by atoms with E-state index in [0.29, 0.717) is 19.8 Å². The maximum atomic E-state index is 11.7. The highest BCUT2D eigenvalue weighted by atomic mass is 35.5. The van der Waals surface area contributed by atoms with Crippen LogP contribution in [0.2, 0.25) is 5.02 Å². The van der Waals surface area contributed by atoms with Crippen LogP contribution >= 0.6 is 11.6 Å². The van der Waals surface area contributed by atoms with Gasteiger partial charge in [0.1, 0.15) is 0 Å². The molecule has 1 amide bonds. The van der Waals surface area contributed by atoms with Crippen LogP contribution in [-0.2, 0) is 16.1 Å². The molecule has 1 aliphatic rings. The van der Waals surface area contributed by atoms with E-state index >= 15 is 0 Å². The number of hydrogen-bond acceptors (Lipinski definition) is 3. The second-order valence-corrected chi connectivity index (χ2v) is 5.29. The fourth-order valence-corrected chi connectivity index (χ4v) is 2.35. The Morgan fingerprint density at radius 2 is 2.37 bits per heavy atom. The molecule has 6 heteroatoms. The summed E-state index contributed by atoms with van der Waals surface area (Å²) in [6, 6.07) is 0. The zero-order valence-corrected chi connectivity index (χ0v) is 12.2. The highest BCUT2D eigenvalue weighted by Crippen LogP contribution is 2.18. The van der Waals surface area contributed by atoms with E-state index in [0.717, 1.165) is 35.8 Å². The molecular weight excluding hydrogens is 266 g/mol. The fourth-order valence-electron chi connectivity index (χ4n) is 2.22. The third kappa shape index (κ3) is 3.48. The number of nitrogens with zero attached hydrogens (tertiary/aromatic N) is 2. The average Bonchev–Trinajstić information content (AvgIpc) is 3.00. The first-order chi connectivity index (χ1) is 9.09. The van der Waals surface area contributed by atoms with Gasteiger partial charge in [0, 0.05) is 19.7 Å². The molecule has 0 aromatic carbocycles. The van der Waals surface area contributed by atoms with Gasteiger partial charge in [-0.15, -0.1) is 0 Å². The van der Waals surface area contributed by atoms with Gasteiger partial charge in [-0.3, -0.25) is 9.48 Å². The van der Waals surface area contributed by atoms with E-state index in [1.54, 1.807) is 0 Å². The lowest BCUT2D eigenvalue weighted by molar-refractivity contribution is -0.124. The maximum Gasteiger partial charge on any atom is 0.225 e. The number of amides is 1. The van der Waals surface area contributed by atoms with E-state index in [1.807, 2.05) is 18.5 Å². The number of aromatic nitrogens is 2. The Kier molecular flexibility index (Phi) is 4.82. The summed E-state index contributed by atoms with van der Waals surface area (Å²) in [5.41, 5.74) is 1.83. The molecule has 2 rings (SSSR count). The highest BCUT2D eigenvalue weighted by Gasteiger charge is 2.22. The molecular formula is C13H20ClN3O2. The molecule has 0 bridgehead atoms. The third-order valence-corrected chi connectivity index (χ3v) is 3.99. The standard InChI is InChI=1S/C13H20ClN3O2/c1-9-12(14)10(2)17(16-9)6-3-5-15-13(18)11-4-7-19-8-11/h11H,3-8H2,1-2H3,(H,15,18)/t11-/m1/s1. The SMILES string of the molecule is Cc1nn(CCCNC(=O)[C@@H]2CCOC2)c(C)c1Cl. The Labute approximate surface area is 118 Å². The van der Waals surface area contributed by atoms with Crippen molar-refractivity contribution in [1.29, 1.82) is 0 Å². The van der Waals surface area contributed by atoms with Gasteiger partial charge in [0.05, 0.1) is 28.9 Å². The van der Waals surface area contributed by atoms with Crippen LogP contribution in [0, 0.1) is 19.8 Å². The molecule has 0 unspecified atom stereocenters. The Morgan fingerprint density at radius 3 is 2.95 bits per heavy atom. The van der Waals surface area contributed by atoms with Crippen LogP contribution in [-0.4, -0.2) is 35.4 Å². The number of rotatable bonds is 5. The molecule has 0 aliphatic carbocycles. The summed E-state index contributed by atoms with van der Waals surface area (Å²) in [4.78, 5) is 11.7. The Balaban J connectivity index is 1.71. The molecule has 1 atom stereocenters. The van der Waals surface area contributed by atoms with Crippen LogP contribution in [0.1, 0.15) is 24.2 Å². The second kappa shape index (κ2) is 6.39. The third-order valence-electron chi connectivity index (χ3n) is 3.44. The number of halogens is 1. The number of carbonyl (C=O) groups is 1. The van der Waals surface area contributed by atoms with Crippen molar-refractivity contribution in [2.24, 2.45) is 5.92 Å². The van der Waals surface area contributed by atoms with Gasteiger partial charge in [0.15, 0.2) is 0 Å². The highest BCUT2D eigenvalue weighted by molar-refractivity contribution is 6.31. The smallest absolute Gasteiger partial charge is 0.225 e. The summed E-state index contributed by atoms with van der Waals surface area (Å²) in [6.07, 6.45) is 1.68. The van der Waals surface area contributed by atoms with Gasteiger partial charge in [0.2, 0.25) is 5.91 Å². The lowest BCUT2D eigenvalue weighted by Crippen LogP contribution is -2.32. The number of nitrogens with one attached hydrogen (secondary N) is 1. The minimum atomic E-state index is 0.0307. The summed E-state index contributed by atoms with van der Waals surface area (Å²) < 4.78 is 7.09. The van der Waals surface area contributed by atoms with Crippen LogP contribution in [0.15, 0.2) is 0 Å². The molecule has 0 saturated carbocycles. The summed E-state index contributed by atoms with van der Waals surface area (Å²) in [5, 5.41) is 8.03. The molecule has 1 N–H and O–H groups in total. The van der Waals surface area contributed by atoms with Crippen molar-refractivity contribution < 1.29 is 9.53 Å². The summed E-state index contributed by atoms with van der Waals surface area (Å²) in [7, 11) is 0. The van der Waals surface area contributed by atoms with Crippen molar-refractivity contribution in [3.63, 3.8) is 0 Å². The van der Waals surface area contributed by atoms with Crippen molar-refractivity contribution in [3.05, 3.63) is 16.4 Å². The predicted molar refractivity (Wildman–Crippen MR) is 73.3 cm³/mol. The van der Waals surface area contributed by atoms with Crippen LogP contribution in [0.5, 0.6) is 0 Å². The quantitative estimate of drug-likeness (QED) is 0.838. The normalized spacial score (nSPS) is 18.8. The van der Waals surface area contributed by atoms with E-state index in [9.17, 15) is 4.79 Å². The molecule has 2 heterocycles. The van der Waals surface area contributed by atoms with Crippen molar-refractivity contribution in [2.75, 3.05) is 19.8 Å². The first-order valence-corrected chi connectivity index (χ1v) is 7.02. The molecule has 19 heavy (non-hydrogen) atoms. The monoisotopic (exact) mass is 285 g/mol. The van der Waals surface area contributed by atoms with E-state index in [4.69, 9.17) is 16.3 Å². The molecule has 1 aromatic heterocycles. The Hall–Kier alpha value is -1.07. The van der Waals surface area contributed by atoms with Gasteiger partial charge in [0.25, 0.3) is 0 Å². The summed E-state index contributed by atoms with van der Waals surface area (Å²) >= 11 is 6.08. The van der Waals surface area contributed by atoms with Gasteiger partial charge >= 0.3 is 0 Å². The molecule has 106 valence electrons. The van der Waals surface area contributed by atoms with Crippen molar-refractivity contribution in [1.82, 2.24) is 15.1 Å². The van der Waals surface area contributed by atoms with E-state index < -0.39 is 0 Å². The molecule has 1 fully saturated rings. The summed E-state index contributed by atoms with van der Waals surface area (Å²) in [5.74, 6) is 0.132.